The highest BCUT2D eigenvalue weighted by Crippen LogP contribution is 2.28. The van der Waals surface area contributed by atoms with Crippen LogP contribution in [0.25, 0.3) is 0 Å². The maximum absolute atomic E-state index is 12.8. The minimum Gasteiger partial charge on any atom is -0.480 e. The fraction of sp³-hybridized carbons (Fsp3) is 0.467. The lowest BCUT2D eigenvalue weighted by atomic mass is 10.1. The van der Waals surface area contributed by atoms with E-state index in [4.69, 9.17) is 4.52 Å². The van der Waals surface area contributed by atoms with Gasteiger partial charge in [-0.05, 0) is 36.2 Å². The second-order valence-corrected chi connectivity index (χ2v) is 8.55. The number of hydrogen-bond acceptors (Lipinski definition) is 7. The molecule has 1 aliphatic heterocycles. The van der Waals surface area contributed by atoms with Crippen molar-refractivity contribution in [3.63, 3.8) is 0 Å². The summed E-state index contributed by atoms with van der Waals surface area (Å²) in [6, 6.07) is 1.03. The molecule has 8 nitrogen and oxygen atoms in total. The fourth-order valence-corrected chi connectivity index (χ4v) is 5.51. The van der Waals surface area contributed by atoms with Crippen molar-refractivity contribution >= 4 is 27.3 Å². The Hall–Kier alpha value is -1.75. The van der Waals surface area contributed by atoms with Gasteiger partial charge in [0.1, 0.15) is 16.6 Å². The summed E-state index contributed by atoms with van der Waals surface area (Å²) < 4.78 is 32.0. The summed E-state index contributed by atoms with van der Waals surface area (Å²) in [5, 5.41) is 16.9. The second kappa shape index (κ2) is 6.87. The van der Waals surface area contributed by atoms with Crippen LogP contribution in [0.4, 0.5) is 0 Å². The molecule has 0 radical (unpaired) electrons. The van der Waals surface area contributed by atoms with Crippen LogP contribution in [0.15, 0.2) is 26.2 Å². The van der Waals surface area contributed by atoms with Crippen LogP contribution in [0.5, 0.6) is 0 Å². The van der Waals surface area contributed by atoms with Gasteiger partial charge in [0.2, 0.25) is 10.0 Å². The molecule has 0 spiro atoms. The van der Waals surface area contributed by atoms with Crippen molar-refractivity contribution in [1.29, 1.82) is 0 Å². The van der Waals surface area contributed by atoms with Crippen LogP contribution < -0.4 is 0 Å². The van der Waals surface area contributed by atoms with E-state index in [-0.39, 0.29) is 23.7 Å². The Morgan fingerprint density at radius 2 is 2.00 bits per heavy atom. The van der Waals surface area contributed by atoms with Crippen molar-refractivity contribution in [2.45, 2.75) is 24.8 Å². The van der Waals surface area contributed by atoms with E-state index in [1.54, 1.807) is 24.8 Å². The highest BCUT2D eigenvalue weighted by Gasteiger charge is 2.36. The molecule has 0 aromatic carbocycles. The number of nitrogens with zero attached hydrogens (tertiary/aromatic N) is 3. The van der Waals surface area contributed by atoms with Crippen molar-refractivity contribution in [2.75, 3.05) is 26.2 Å². The van der Waals surface area contributed by atoms with Crippen LogP contribution in [0.2, 0.25) is 0 Å². The summed E-state index contributed by atoms with van der Waals surface area (Å²) in [4.78, 5) is 13.6. The quantitative estimate of drug-likeness (QED) is 0.831. The van der Waals surface area contributed by atoms with Crippen LogP contribution >= 0.6 is 11.3 Å². The Morgan fingerprint density at radius 3 is 2.48 bits per heavy atom. The molecule has 2 aromatic rings. The third-order valence-electron chi connectivity index (χ3n) is 4.30. The lowest BCUT2D eigenvalue weighted by Gasteiger charge is -2.36. The van der Waals surface area contributed by atoms with E-state index in [1.165, 1.54) is 15.6 Å². The lowest BCUT2D eigenvalue weighted by Crippen LogP contribution is -2.50. The van der Waals surface area contributed by atoms with Gasteiger partial charge in [0, 0.05) is 26.2 Å². The third kappa shape index (κ3) is 3.34. The number of carboxylic acids is 1. The predicted octanol–water partition coefficient (Wildman–Crippen LogP) is 1.49. The summed E-state index contributed by atoms with van der Waals surface area (Å²) in [5.41, 5.74) is 1.06. The summed E-state index contributed by atoms with van der Waals surface area (Å²) in [6.07, 6.45) is 0. The zero-order chi connectivity index (χ0) is 18.2. The first kappa shape index (κ1) is 18.1. The summed E-state index contributed by atoms with van der Waals surface area (Å²) in [6.45, 7) is 4.29. The van der Waals surface area contributed by atoms with Gasteiger partial charge in [0.25, 0.3) is 0 Å². The van der Waals surface area contributed by atoms with E-state index < -0.39 is 22.0 Å². The van der Waals surface area contributed by atoms with Crippen LogP contribution in [-0.4, -0.2) is 60.0 Å². The molecule has 0 aliphatic carbocycles. The molecule has 136 valence electrons. The van der Waals surface area contributed by atoms with Crippen molar-refractivity contribution < 1.29 is 22.8 Å². The van der Waals surface area contributed by atoms with E-state index >= 15 is 0 Å². The Morgan fingerprint density at radius 1 is 1.32 bits per heavy atom. The number of sulfonamides is 1. The molecule has 1 fully saturated rings. The van der Waals surface area contributed by atoms with Gasteiger partial charge in [0.05, 0.1) is 0 Å². The van der Waals surface area contributed by atoms with E-state index in [9.17, 15) is 18.3 Å². The summed E-state index contributed by atoms with van der Waals surface area (Å²) >= 11 is 1.44. The van der Waals surface area contributed by atoms with Gasteiger partial charge in [-0.1, -0.05) is 5.16 Å². The Labute approximate surface area is 149 Å². The molecule has 1 atom stereocenters. The predicted molar refractivity (Wildman–Crippen MR) is 91.0 cm³/mol. The number of aromatic nitrogens is 1. The molecule has 0 bridgehead atoms. The number of aliphatic carboxylic acids is 1. The minimum atomic E-state index is -3.70. The molecular weight excluding hydrogens is 366 g/mol. The standard InChI is InChI=1S/C15H19N3O5S2/c1-10-14(11(2)23-16-10)25(21,22)18-6-4-17(5-7-18)13(15(19)20)12-3-8-24-9-12/h3,8-9,13H,4-7H2,1-2H3,(H,19,20). The van der Waals surface area contributed by atoms with Gasteiger partial charge in [-0.2, -0.15) is 15.6 Å². The number of carbonyl (C=O) groups is 1. The summed E-state index contributed by atoms with van der Waals surface area (Å²) in [5.74, 6) is -0.665. The third-order valence-corrected chi connectivity index (χ3v) is 7.14. The first-order valence-electron chi connectivity index (χ1n) is 7.74. The van der Waals surface area contributed by atoms with E-state index in [0.717, 1.165) is 5.56 Å². The van der Waals surface area contributed by atoms with Gasteiger partial charge >= 0.3 is 5.97 Å². The summed E-state index contributed by atoms with van der Waals surface area (Å²) in [7, 11) is -3.70. The van der Waals surface area contributed by atoms with Crippen molar-refractivity contribution in [1.82, 2.24) is 14.4 Å². The lowest BCUT2D eigenvalue weighted by molar-refractivity contribution is -0.144. The molecule has 1 saturated heterocycles. The van der Waals surface area contributed by atoms with Crippen molar-refractivity contribution in [3.8, 4) is 0 Å². The van der Waals surface area contributed by atoms with Gasteiger partial charge in [-0.15, -0.1) is 0 Å². The number of carboxylic acid groups (broad SMARTS) is 1. The Kier molecular flexibility index (Phi) is 4.96. The zero-order valence-corrected chi connectivity index (χ0v) is 15.5. The number of thiophene rings is 1. The average Bonchev–Trinajstić information content (AvgIpc) is 3.18. The highest BCUT2D eigenvalue weighted by molar-refractivity contribution is 7.89. The van der Waals surface area contributed by atoms with Gasteiger partial charge < -0.3 is 9.63 Å². The molecule has 3 rings (SSSR count). The fourth-order valence-electron chi connectivity index (χ4n) is 3.11. The monoisotopic (exact) mass is 385 g/mol. The first-order valence-corrected chi connectivity index (χ1v) is 10.1. The number of rotatable bonds is 5. The van der Waals surface area contributed by atoms with E-state index in [0.29, 0.717) is 18.8 Å². The average molecular weight is 385 g/mol. The Balaban J connectivity index is 1.76. The SMILES string of the molecule is Cc1noc(C)c1S(=O)(=O)N1CCN(C(C(=O)O)c2ccsc2)CC1. The largest absolute Gasteiger partial charge is 0.480 e. The molecule has 0 amide bonds. The number of hydrogen-bond donors (Lipinski definition) is 1. The first-order chi connectivity index (χ1) is 11.8. The maximum atomic E-state index is 12.8. The number of piperazine rings is 1. The van der Waals surface area contributed by atoms with Crippen LogP contribution in [-0.2, 0) is 14.8 Å². The highest BCUT2D eigenvalue weighted by atomic mass is 32.2. The second-order valence-electron chi connectivity index (χ2n) is 5.89. The number of aryl methyl sites for hydroxylation is 2. The minimum absolute atomic E-state index is 0.105. The van der Waals surface area contributed by atoms with Crippen LogP contribution in [0, 0.1) is 13.8 Å². The molecular formula is C15H19N3O5S2. The molecule has 1 unspecified atom stereocenters. The topological polar surface area (TPSA) is 104 Å². The Bertz CT molecular complexity index is 832. The van der Waals surface area contributed by atoms with E-state index in [2.05, 4.69) is 5.16 Å². The van der Waals surface area contributed by atoms with Gasteiger partial charge in [-0.25, -0.2) is 8.42 Å². The molecule has 2 aromatic heterocycles. The van der Waals surface area contributed by atoms with Crippen molar-refractivity contribution in [2.24, 2.45) is 0 Å². The molecule has 0 saturated carbocycles. The van der Waals surface area contributed by atoms with Gasteiger partial charge in [-0.3, -0.25) is 9.69 Å². The molecule has 3 heterocycles. The zero-order valence-electron chi connectivity index (χ0n) is 13.9. The van der Waals surface area contributed by atoms with E-state index in [1.807, 2.05) is 10.8 Å². The normalized spacial score (nSPS) is 18.3. The smallest absolute Gasteiger partial charge is 0.325 e. The molecule has 10 heteroatoms. The molecule has 25 heavy (non-hydrogen) atoms. The molecule has 1 N–H and O–H groups in total. The van der Waals surface area contributed by atoms with Gasteiger partial charge in [0.15, 0.2) is 5.76 Å². The molecule has 1 aliphatic rings. The van der Waals surface area contributed by atoms with Crippen molar-refractivity contribution in [3.05, 3.63) is 33.8 Å². The maximum Gasteiger partial charge on any atom is 0.325 e. The van der Waals surface area contributed by atoms with Crippen LogP contribution in [0.3, 0.4) is 0 Å². The van der Waals surface area contributed by atoms with Crippen LogP contribution in [0.1, 0.15) is 23.1 Å².